The third-order valence-electron chi connectivity index (χ3n) is 5.09. The normalized spacial score (nSPS) is 33.2. The zero-order chi connectivity index (χ0) is 14.9. The molecular weight excluding hydrogens is 250 g/mol. The lowest BCUT2D eigenvalue weighted by atomic mass is 9.77. The van der Waals surface area contributed by atoms with Gasteiger partial charge in [0.15, 0.2) is 0 Å². The van der Waals surface area contributed by atoms with E-state index in [0.29, 0.717) is 11.8 Å². The molecule has 4 heteroatoms. The summed E-state index contributed by atoms with van der Waals surface area (Å²) in [7, 11) is 0. The number of hydrogen-bond acceptors (Lipinski definition) is 3. The van der Waals surface area contributed by atoms with Crippen molar-refractivity contribution in [1.29, 1.82) is 0 Å². The molecule has 2 aliphatic rings. The summed E-state index contributed by atoms with van der Waals surface area (Å²) < 4.78 is 0. The Morgan fingerprint density at radius 3 is 2.25 bits per heavy atom. The van der Waals surface area contributed by atoms with E-state index in [4.69, 9.17) is 5.73 Å². The molecule has 20 heavy (non-hydrogen) atoms. The second-order valence-corrected chi connectivity index (χ2v) is 7.64. The minimum Gasteiger partial charge on any atom is -0.340 e. The summed E-state index contributed by atoms with van der Waals surface area (Å²) in [4.78, 5) is 17.3. The molecule has 0 aromatic rings. The van der Waals surface area contributed by atoms with Crippen molar-refractivity contribution in [2.75, 3.05) is 26.2 Å². The van der Waals surface area contributed by atoms with Gasteiger partial charge in [0.05, 0.1) is 0 Å². The van der Waals surface area contributed by atoms with E-state index >= 15 is 0 Å². The first-order chi connectivity index (χ1) is 9.29. The molecule has 1 saturated heterocycles. The van der Waals surface area contributed by atoms with E-state index in [9.17, 15) is 4.79 Å². The van der Waals surface area contributed by atoms with Crippen LogP contribution in [0, 0.1) is 11.8 Å². The van der Waals surface area contributed by atoms with E-state index in [1.807, 2.05) is 0 Å². The molecule has 0 radical (unpaired) electrons. The van der Waals surface area contributed by atoms with Gasteiger partial charge < -0.3 is 10.6 Å². The lowest BCUT2D eigenvalue weighted by Crippen LogP contribution is -2.56. The van der Waals surface area contributed by atoms with Crippen molar-refractivity contribution in [3.05, 3.63) is 0 Å². The Kier molecular flexibility index (Phi) is 4.75. The highest BCUT2D eigenvalue weighted by atomic mass is 16.2. The maximum absolute atomic E-state index is 12.7. The van der Waals surface area contributed by atoms with Crippen LogP contribution >= 0.6 is 0 Å². The first-order valence-electron chi connectivity index (χ1n) is 8.08. The number of hydrogen-bond donors (Lipinski definition) is 1. The number of piperazine rings is 1. The molecule has 1 amide bonds. The molecule has 1 aliphatic heterocycles. The maximum atomic E-state index is 12.7. The number of nitrogens with zero attached hydrogens (tertiary/aromatic N) is 2. The molecule has 0 aromatic heterocycles. The van der Waals surface area contributed by atoms with Gasteiger partial charge in [0.2, 0.25) is 5.91 Å². The highest BCUT2D eigenvalue weighted by molar-refractivity contribution is 5.79. The van der Waals surface area contributed by atoms with Gasteiger partial charge in [-0.1, -0.05) is 6.92 Å². The molecule has 2 fully saturated rings. The molecule has 116 valence electrons. The van der Waals surface area contributed by atoms with Crippen LogP contribution in [0.2, 0.25) is 0 Å². The van der Waals surface area contributed by atoms with Gasteiger partial charge in [-0.3, -0.25) is 9.69 Å². The van der Waals surface area contributed by atoms with Gasteiger partial charge in [0, 0.05) is 43.7 Å². The van der Waals surface area contributed by atoms with E-state index < -0.39 is 0 Å². The van der Waals surface area contributed by atoms with Crippen LogP contribution < -0.4 is 5.73 Å². The molecule has 0 bridgehead atoms. The molecule has 0 aromatic carbocycles. The van der Waals surface area contributed by atoms with E-state index in [1.165, 1.54) is 0 Å². The second kappa shape index (κ2) is 6.02. The van der Waals surface area contributed by atoms with E-state index in [2.05, 4.69) is 37.5 Å². The number of amides is 1. The van der Waals surface area contributed by atoms with Crippen molar-refractivity contribution >= 4 is 5.91 Å². The fourth-order valence-electron chi connectivity index (χ4n) is 3.53. The van der Waals surface area contributed by atoms with Gasteiger partial charge in [-0.2, -0.15) is 0 Å². The van der Waals surface area contributed by atoms with Crippen molar-refractivity contribution in [2.45, 2.75) is 58.5 Å². The molecular formula is C16H31N3O. The largest absolute Gasteiger partial charge is 0.340 e. The van der Waals surface area contributed by atoms with Crippen molar-refractivity contribution in [3.63, 3.8) is 0 Å². The van der Waals surface area contributed by atoms with Crippen LogP contribution in [0.15, 0.2) is 0 Å². The third kappa shape index (κ3) is 3.53. The standard InChI is InChI=1S/C16H31N3O/c1-12-5-6-13(17)11-14(12)15(20)18-7-9-19(10-8-18)16(2,3)4/h12-14H,5-11,17H2,1-4H3. The highest BCUT2D eigenvalue weighted by Crippen LogP contribution is 2.31. The molecule has 4 nitrogen and oxygen atoms in total. The summed E-state index contributed by atoms with van der Waals surface area (Å²) in [6.07, 6.45) is 3.04. The SMILES string of the molecule is CC1CCC(N)CC1C(=O)N1CCN(C(C)(C)C)CC1. The highest BCUT2D eigenvalue weighted by Gasteiger charge is 2.36. The molecule has 1 aliphatic carbocycles. The van der Waals surface area contributed by atoms with Gasteiger partial charge >= 0.3 is 0 Å². The predicted molar refractivity (Wildman–Crippen MR) is 82.4 cm³/mol. The summed E-state index contributed by atoms with van der Waals surface area (Å²) >= 11 is 0. The Morgan fingerprint density at radius 1 is 1.10 bits per heavy atom. The Balaban J connectivity index is 1.91. The van der Waals surface area contributed by atoms with Gasteiger partial charge in [-0.25, -0.2) is 0 Å². The van der Waals surface area contributed by atoms with Crippen LogP contribution in [0.5, 0.6) is 0 Å². The van der Waals surface area contributed by atoms with Crippen LogP contribution in [0.4, 0.5) is 0 Å². The van der Waals surface area contributed by atoms with Crippen molar-refractivity contribution in [3.8, 4) is 0 Å². The molecule has 2 rings (SSSR count). The second-order valence-electron chi connectivity index (χ2n) is 7.64. The topological polar surface area (TPSA) is 49.6 Å². The summed E-state index contributed by atoms with van der Waals surface area (Å²) in [5.41, 5.74) is 6.26. The monoisotopic (exact) mass is 281 g/mol. The van der Waals surface area contributed by atoms with E-state index in [1.54, 1.807) is 0 Å². The third-order valence-corrected chi connectivity index (χ3v) is 5.09. The van der Waals surface area contributed by atoms with Gasteiger partial charge in [0.1, 0.15) is 0 Å². The number of carbonyl (C=O) groups excluding carboxylic acids is 1. The maximum Gasteiger partial charge on any atom is 0.226 e. The van der Waals surface area contributed by atoms with Crippen LogP contribution in [0.3, 0.4) is 0 Å². The zero-order valence-electron chi connectivity index (χ0n) is 13.6. The smallest absolute Gasteiger partial charge is 0.226 e. The van der Waals surface area contributed by atoms with Crippen LogP contribution in [0.1, 0.15) is 47.0 Å². The lowest BCUT2D eigenvalue weighted by Gasteiger charge is -2.44. The van der Waals surface area contributed by atoms with Crippen molar-refractivity contribution < 1.29 is 4.79 Å². The molecule has 0 spiro atoms. The van der Waals surface area contributed by atoms with Crippen LogP contribution in [0.25, 0.3) is 0 Å². The first-order valence-corrected chi connectivity index (χ1v) is 8.08. The average Bonchev–Trinajstić information content (AvgIpc) is 2.40. The van der Waals surface area contributed by atoms with E-state index in [-0.39, 0.29) is 17.5 Å². The van der Waals surface area contributed by atoms with Gasteiger partial charge in [0.25, 0.3) is 0 Å². The number of nitrogens with two attached hydrogens (primary N) is 1. The predicted octanol–water partition coefficient (Wildman–Crippen LogP) is 1.69. The fourth-order valence-corrected chi connectivity index (χ4v) is 3.53. The Hall–Kier alpha value is -0.610. The fraction of sp³-hybridized carbons (Fsp3) is 0.938. The van der Waals surface area contributed by atoms with Crippen LogP contribution in [-0.2, 0) is 4.79 Å². The molecule has 3 unspecified atom stereocenters. The summed E-state index contributed by atoms with van der Waals surface area (Å²) in [5.74, 6) is 0.990. The van der Waals surface area contributed by atoms with Gasteiger partial charge in [-0.15, -0.1) is 0 Å². The summed E-state index contributed by atoms with van der Waals surface area (Å²) in [6.45, 7) is 12.7. The zero-order valence-corrected chi connectivity index (χ0v) is 13.6. The Morgan fingerprint density at radius 2 is 1.70 bits per heavy atom. The molecule has 3 atom stereocenters. The summed E-state index contributed by atoms with van der Waals surface area (Å²) in [5, 5.41) is 0. The molecule has 1 heterocycles. The Labute approximate surface area is 123 Å². The van der Waals surface area contributed by atoms with Gasteiger partial charge in [-0.05, 0) is 46.0 Å². The number of rotatable bonds is 1. The van der Waals surface area contributed by atoms with Crippen molar-refractivity contribution in [1.82, 2.24) is 9.80 Å². The van der Waals surface area contributed by atoms with Crippen molar-refractivity contribution in [2.24, 2.45) is 17.6 Å². The summed E-state index contributed by atoms with van der Waals surface area (Å²) in [6, 6.07) is 0.219. The molecule has 1 saturated carbocycles. The average molecular weight is 281 g/mol. The van der Waals surface area contributed by atoms with Crippen LogP contribution in [-0.4, -0.2) is 53.5 Å². The lowest BCUT2D eigenvalue weighted by molar-refractivity contribution is -0.141. The minimum atomic E-state index is 0.153. The number of carbonyl (C=O) groups is 1. The quantitative estimate of drug-likeness (QED) is 0.796. The minimum absolute atomic E-state index is 0.153. The Bertz CT molecular complexity index is 342. The first kappa shape index (κ1) is 15.8. The van der Waals surface area contributed by atoms with E-state index in [0.717, 1.165) is 45.4 Å². The molecule has 2 N–H and O–H groups in total.